The SMILES string of the molecule is c1ccc(N2c3ccccc3B3c4cc5c(cc4N(c4ccccc4)c4cccc2c43)Oc2cc3c4c6c2B5c2ccccc2N6c2ccccc2B4c2cc4c(cc2N3c2ccccc2)N(c2ccccc2)c2cccc3c2B4c2ccccc2N3c2ccccc2)cc1. The molecular formula is C84H52B4N6O. The standard InChI is InChI=1S/C84H52B4N6O/c1-6-26-53(27-7-1)89-66-40-20-16-36-58(66)85-62-48-63-75(50-74(62)91(55-30-10-3-11-31-55)72-46-24-44-70(89)80(72)85)93(57-34-14-5-15-35-57)77-52-79-83-84-82(77)87(63)60-38-18-22-42-68(60)94(84)69-43-23-19-39-61(69)88(83)65-49-64-76(51-78(65)95-79)92(56-32-12-4-13-33-56)73-47-25-45-71-81(73)86(64)59-37-17-21-41-67(59)90(71)54-28-8-2-9-29-54/h1-52H. The average molecular weight is 1200 g/mol. The summed E-state index contributed by atoms with van der Waals surface area (Å²) in [5.41, 5.74) is 36.0. The van der Waals surface area contributed by atoms with Crippen molar-refractivity contribution >= 4 is 195 Å². The second-order valence-corrected chi connectivity index (χ2v) is 26.2. The molecule has 8 aliphatic rings. The van der Waals surface area contributed by atoms with E-state index in [-0.39, 0.29) is 26.9 Å². The zero-order chi connectivity index (χ0) is 61.7. The summed E-state index contributed by atoms with van der Waals surface area (Å²) in [7, 11) is 0. The van der Waals surface area contributed by atoms with Gasteiger partial charge in [0.2, 0.25) is 0 Å². The lowest BCUT2D eigenvalue weighted by molar-refractivity contribution is 0.488. The van der Waals surface area contributed by atoms with Crippen LogP contribution in [-0.2, 0) is 0 Å². The molecule has 0 saturated heterocycles. The quantitative estimate of drug-likeness (QED) is 0.159. The maximum absolute atomic E-state index is 7.89. The number of hydrogen-bond donors (Lipinski definition) is 0. The first-order chi connectivity index (χ1) is 47.2. The Kier molecular flexibility index (Phi) is 10.5. The normalized spacial score (nSPS) is 14.4. The fourth-order valence-electron chi connectivity index (χ4n) is 18.1. The highest BCUT2D eigenvalue weighted by atomic mass is 16.5. The molecule has 0 saturated carbocycles. The Balaban J connectivity index is 0.813. The number of anilines is 18. The number of hydrogen-bond acceptors (Lipinski definition) is 7. The van der Waals surface area contributed by atoms with Crippen LogP contribution in [0.15, 0.2) is 315 Å². The van der Waals surface area contributed by atoms with E-state index in [2.05, 4.69) is 345 Å². The van der Waals surface area contributed by atoms with Gasteiger partial charge in [-0.25, -0.2) is 0 Å². The summed E-state index contributed by atoms with van der Waals surface area (Å²) in [6.45, 7) is -0.481. The van der Waals surface area contributed by atoms with Gasteiger partial charge in [0.05, 0.1) is 0 Å². The first kappa shape index (κ1) is 51.5. The van der Waals surface area contributed by atoms with Crippen molar-refractivity contribution in [2.75, 3.05) is 29.4 Å². The predicted molar refractivity (Wildman–Crippen MR) is 400 cm³/mol. The summed E-state index contributed by atoms with van der Waals surface area (Å²) in [5.74, 6) is 1.74. The van der Waals surface area contributed by atoms with Gasteiger partial charge in [-0.2, -0.15) is 0 Å². The second-order valence-electron chi connectivity index (χ2n) is 26.2. The van der Waals surface area contributed by atoms with Crippen LogP contribution < -0.4 is 99.7 Å². The fraction of sp³-hybridized carbons (Fsp3) is 0. The average Bonchev–Trinajstić information content (AvgIpc) is 0.674. The third-order valence-corrected chi connectivity index (χ3v) is 21.6. The molecule has 7 nitrogen and oxygen atoms in total. The summed E-state index contributed by atoms with van der Waals surface area (Å²) in [6, 6.07) is 118. The minimum Gasteiger partial charge on any atom is -0.458 e. The van der Waals surface area contributed by atoms with Gasteiger partial charge in [-0.15, -0.1) is 0 Å². The van der Waals surface area contributed by atoms with Crippen LogP contribution in [0, 0.1) is 0 Å². The number of ether oxygens (including phenoxy) is 1. The molecule has 8 aliphatic heterocycles. The number of para-hydroxylation sites is 9. The molecule has 436 valence electrons. The van der Waals surface area contributed by atoms with Gasteiger partial charge in [0, 0.05) is 115 Å². The third-order valence-electron chi connectivity index (χ3n) is 21.6. The van der Waals surface area contributed by atoms with Gasteiger partial charge in [-0.1, -0.05) is 188 Å². The summed E-state index contributed by atoms with van der Waals surface area (Å²) in [5, 5.41) is 0. The van der Waals surface area contributed by atoms with E-state index in [1.54, 1.807) is 0 Å². The van der Waals surface area contributed by atoms with Gasteiger partial charge < -0.3 is 34.1 Å². The van der Waals surface area contributed by atoms with Gasteiger partial charge >= 0.3 is 0 Å². The molecule has 0 aromatic heterocycles. The zero-order valence-corrected chi connectivity index (χ0v) is 51.4. The minimum absolute atomic E-state index is 0.0761. The van der Waals surface area contributed by atoms with Crippen molar-refractivity contribution in [2.24, 2.45) is 0 Å². The van der Waals surface area contributed by atoms with Gasteiger partial charge in [-0.3, -0.25) is 0 Å². The first-order valence-corrected chi connectivity index (χ1v) is 33.1. The van der Waals surface area contributed by atoms with E-state index in [0.29, 0.717) is 0 Å². The van der Waals surface area contributed by atoms with Crippen molar-refractivity contribution in [1.29, 1.82) is 0 Å². The molecule has 0 bridgehead atoms. The lowest BCUT2D eigenvalue weighted by Crippen LogP contribution is -2.69. The maximum Gasteiger partial charge on any atom is 0.256 e. The Bertz CT molecular complexity index is 5620. The van der Waals surface area contributed by atoms with Crippen molar-refractivity contribution in [3.05, 3.63) is 315 Å². The minimum atomic E-state index is -0.171. The Morgan fingerprint density at radius 2 is 0.463 bits per heavy atom. The molecule has 0 radical (unpaired) electrons. The number of nitrogens with zero attached hydrogens (tertiary/aromatic N) is 6. The van der Waals surface area contributed by atoms with E-state index in [4.69, 9.17) is 4.74 Å². The topological polar surface area (TPSA) is 28.7 Å². The number of fused-ring (bicyclic) bond motifs is 18. The molecule has 0 aliphatic carbocycles. The smallest absolute Gasteiger partial charge is 0.256 e. The number of benzene rings is 14. The highest BCUT2D eigenvalue weighted by Crippen LogP contribution is 2.52. The van der Waals surface area contributed by atoms with Crippen LogP contribution in [0.1, 0.15) is 0 Å². The summed E-state index contributed by atoms with van der Waals surface area (Å²) in [4.78, 5) is 15.2. The van der Waals surface area contributed by atoms with E-state index in [9.17, 15) is 0 Å². The summed E-state index contributed by atoms with van der Waals surface area (Å²) < 4.78 is 7.89. The molecule has 0 N–H and O–H groups in total. The van der Waals surface area contributed by atoms with Crippen molar-refractivity contribution in [2.45, 2.75) is 0 Å². The van der Waals surface area contributed by atoms with Crippen LogP contribution in [0.2, 0.25) is 0 Å². The third kappa shape index (κ3) is 6.88. The molecule has 14 aromatic rings. The molecule has 8 heterocycles. The number of rotatable bonds is 5. The van der Waals surface area contributed by atoms with Crippen molar-refractivity contribution in [3.8, 4) is 11.5 Å². The Labute approximate surface area is 552 Å². The molecule has 0 fully saturated rings. The maximum atomic E-state index is 7.89. The zero-order valence-electron chi connectivity index (χ0n) is 51.4. The highest BCUT2D eigenvalue weighted by molar-refractivity contribution is 7.06. The lowest BCUT2D eigenvalue weighted by Gasteiger charge is -2.50. The van der Waals surface area contributed by atoms with E-state index in [0.717, 1.165) is 68.4 Å². The van der Waals surface area contributed by atoms with Crippen LogP contribution in [0.3, 0.4) is 0 Å². The Morgan fingerprint density at radius 1 is 0.179 bits per heavy atom. The van der Waals surface area contributed by atoms with E-state index >= 15 is 0 Å². The van der Waals surface area contributed by atoms with Gasteiger partial charge in [0.25, 0.3) is 26.9 Å². The summed E-state index contributed by atoms with van der Waals surface area (Å²) in [6.07, 6.45) is 0. The van der Waals surface area contributed by atoms with Crippen LogP contribution in [-0.4, -0.2) is 26.9 Å². The van der Waals surface area contributed by atoms with Crippen molar-refractivity contribution < 1.29 is 4.74 Å². The van der Waals surface area contributed by atoms with E-state index in [1.165, 1.54) is 111 Å². The molecule has 14 aromatic carbocycles. The monoisotopic (exact) mass is 1200 g/mol. The van der Waals surface area contributed by atoms with Crippen molar-refractivity contribution in [3.63, 3.8) is 0 Å². The van der Waals surface area contributed by atoms with E-state index in [1.807, 2.05) is 0 Å². The van der Waals surface area contributed by atoms with Crippen molar-refractivity contribution in [1.82, 2.24) is 0 Å². The molecule has 95 heavy (non-hydrogen) atoms. The molecule has 0 unspecified atom stereocenters. The van der Waals surface area contributed by atoms with Gasteiger partial charge in [-0.05, 0) is 181 Å². The van der Waals surface area contributed by atoms with Crippen LogP contribution in [0.4, 0.5) is 102 Å². The molecule has 0 amide bonds. The Morgan fingerprint density at radius 3 is 0.863 bits per heavy atom. The highest BCUT2D eigenvalue weighted by Gasteiger charge is 2.54. The van der Waals surface area contributed by atoms with E-state index < -0.39 is 0 Å². The van der Waals surface area contributed by atoms with Gasteiger partial charge in [0.1, 0.15) is 11.5 Å². The first-order valence-electron chi connectivity index (χ1n) is 33.1. The fourth-order valence-corrected chi connectivity index (χ4v) is 18.1. The largest absolute Gasteiger partial charge is 0.458 e. The Hall–Kier alpha value is -12.1. The molecule has 22 rings (SSSR count). The lowest BCUT2D eigenvalue weighted by atomic mass is 9.27. The molecule has 0 atom stereocenters. The predicted octanol–water partition coefficient (Wildman–Crippen LogP) is 12.9. The molecular weight excluding hydrogens is 1150 g/mol. The second kappa shape index (κ2) is 19.3. The van der Waals surface area contributed by atoms with Crippen LogP contribution in [0.5, 0.6) is 11.5 Å². The van der Waals surface area contributed by atoms with Crippen LogP contribution in [0.25, 0.3) is 0 Å². The molecule has 0 spiro atoms. The molecule has 11 heteroatoms. The van der Waals surface area contributed by atoms with Gasteiger partial charge in [0.15, 0.2) is 0 Å². The summed E-state index contributed by atoms with van der Waals surface area (Å²) >= 11 is 0. The van der Waals surface area contributed by atoms with Crippen LogP contribution >= 0.6 is 0 Å².